The summed E-state index contributed by atoms with van der Waals surface area (Å²) in [6.07, 6.45) is 0. The number of carbonyl (C=O) groups is 2. The first-order valence-corrected chi connectivity index (χ1v) is 6.09. The highest BCUT2D eigenvalue weighted by molar-refractivity contribution is 5.99. The molecule has 0 aliphatic carbocycles. The fourth-order valence-electron chi connectivity index (χ4n) is 1.85. The number of aliphatic carboxylic acids is 1. The van der Waals surface area contributed by atoms with Gasteiger partial charge >= 0.3 is 5.97 Å². The van der Waals surface area contributed by atoms with Gasteiger partial charge in [-0.25, -0.2) is 4.79 Å². The van der Waals surface area contributed by atoms with Crippen molar-refractivity contribution in [3.8, 4) is 11.5 Å². The lowest BCUT2D eigenvalue weighted by Gasteiger charge is -2.15. The summed E-state index contributed by atoms with van der Waals surface area (Å²) < 4.78 is 0. The molecule has 0 unspecified atom stereocenters. The van der Waals surface area contributed by atoms with Gasteiger partial charge in [0.2, 0.25) is 0 Å². The van der Waals surface area contributed by atoms with Crippen LogP contribution in [0.3, 0.4) is 0 Å². The first-order valence-electron chi connectivity index (χ1n) is 6.09. The third kappa shape index (κ3) is 3.30. The number of carboxylic acid groups (broad SMARTS) is 1. The van der Waals surface area contributed by atoms with Crippen LogP contribution in [0.5, 0.6) is 11.5 Å². The second kappa shape index (κ2) is 5.96. The number of phenols is 2. The lowest BCUT2D eigenvalue weighted by molar-refractivity contribution is -0.139. The number of benzene rings is 2. The van der Waals surface area contributed by atoms with Crippen molar-refractivity contribution < 1.29 is 24.9 Å². The smallest absolute Gasteiger partial charge is 0.330 e. The van der Waals surface area contributed by atoms with Crippen LogP contribution in [0.4, 0.5) is 0 Å². The lowest BCUT2D eigenvalue weighted by atomic mass is 10.1. The molecule has 0 aromatic heterocycles. The van der Waals surface area contributed by atoms with Crippen LogP contribution < -0.4 is 5.32 Å². The second-order valence-electron chi connectivity index (χ2n) is 4.36. The molecule has 0 saturated carbocycles. The zero-order valence-corrected chi connectivity index (χ0v) is 10.9. The quantitative estimate of drug-likeness (QED) is 0.684. The van der Waals surface area contributed by atoms with E-state index in [0.717, 1.165) is 6.07 Å². The molecule has 1 atom stereocenters. The van der Waals surface area contributed by atoms with Gasteiger partial charge in [0, 0.05) is 6.07 Å². The van der Waals surface area contributed by atoms with Gasteiger partial charge in [0.15, 0.2) is 6.04 Å². The number of hydrogen-bond donors (Lipinski definition) is 4. The van der Waals surface area contributed by atoms with Gasteiger partial charge < -0.3 is 20.6 Å². The Balaban J connectivity index is 2.25. The Bertz CT molecular complexity index is 669. The van der Waals surface area contributed by atoms with Crippen molar-refractivity contribution in [3.63, 3.8) is 0 Å². The molecule has 0 fully saturated rings. The normalized spacial score (nSPS) is 11.6. The minimum Gasteiger partial charge on any atom is -0.508 e. The maximum Gasteiger partial charge on any atom is 0.330 e. The molecule has 0 radical (unpaired) electrons. The van der Waals surface area contributed by atoms with Crippen molar-refractivity contribution in [2.75, 3.05) is 0 Å². The van der Waals surface area contributed by atoms with E-state index in [-0.39, 0.29) is 11.3 Å². The molecule has 2 aromatic rings. The third-order valence-electron chi connectivity index (χ3n) is 2.88. The van der Waals surface area contributed by atoms with E-state index in [9.17, 15) is 24.9 Å². The minimum absolute atomic E-state index is 0.116. The molecule has 4 N–H and O–H groups in total. The topological polar surface area (TPSA) is 107 Å². The fraction of sp³-hybridized carbons (Fsp3) is 0.0667. The Kier molecular flexibility index (Phi) is 4.08. The van der Waals surface area contributed by atoms with Crippen molar-refractivity contribution in [1.82, 2.24) is 5.32 Å². The molecule has 108 valence electrons. The molecule has 0 heterocycles. The maximum absolute atomic E-state index is 12.0. The maximum atomic E-state index is 12.0. The van der Waals surface area contributed by atoms with Crippen LogP contribution in [0.15, 0.2) is 48.5 Å². The van der Waals surface area contributed by atoms with Gasteiger partial charge in [0.05, 0.1) is 5.56 Å². The summed E-state index contributed by atoms with van der Waals surface area (Å²) in [5.41, 5.74) is 0.298. The summed E-state index contributed by atoms with van der Waals surface area (Å²) in [6.45, 7) is 0. The molecule has 21 heavy (non-hydrogen) atoms. The highest BCUT2D eigenvalue weighted by atomic mass is 16.4. The number of carboxylic acids is 1. The Labute approximate surface area is 120 Å². The van der Waals surface area contributed by atoms with Gasteiger partial charge in [-0.05, 0) is 17.7 Å². The summed E-state index contributed by atoms with van der Waals surface area (Å²) in [5.74, 6) is -2.58. The van der Waals surface area contributed by atoms with Gasteiger partial charge in [-0.3, -0.25) is 4.79 Å². The minimum atomic E-state index is -1.23. The van der Waals surface area contributed by atoms with Crippen molar-refractivity contribution >= 4 is 11.9 Å². The number of rotatable bonds is 4. The van der Waals surface area contributed by atoms with E-state index in [2.05, 4.69) is 5.32 Å². The van der Waals surface area contributed by atoms with Crippen LogP contribution in [0.2, 0.25) is 0 Å². The van der Waals surface area contributed by atoms with Gasteiger partial charge in [-0.15, -0.1) is 0 Å². The molecule has 6 nitrogen and oxygen atoms in total. The monoisotopic (exact) mass is 287 g/mol. The number of phenolic OH excluding ortho intramolecular Hbond substituents is 2. The van der Waals surface area contributed by atoms with Crippen molar-refractivity contribution in [1.29, 1.82) is 0 Å². The average Bonchev–Trinajstić information content (AvgIpc) is 2.45. The lowest BCUT2D eigenvalue weighted by Crippen LogP contribution is -2.33. The number of nitrogens with one attached hydrogen (secondary N) is 1. The predicted molar refractivity (Wildman–Crippen MR) is 74.1 cm³/mol. The van der Waals surface area contributed by atoms with Crippen molar-refractivity contribution in [3.05, 3.63) is 59.7 Å². The predicted octanol–water partition coefficient (Wildman–Crippen LogP) is 1.65. The number of aromatic hydroxyl groups is 2. The molecule has 0 spiro atoms. The van der Waals surface area contributed by atoms with Crippen LogP contribution in [-0.4, -0.2) is 27.2 Å². The van der Waals surface area contributed by atoms with Gasteiger partial charge in [-0.1, -0.05) is 30.3 Å². The molecule has 0 bridgehead atoms. The largest absolute Gasteiger partial charge is 0.508 e. The molecular formula is C15H13NO5. The summed E-state index contributed by atoms with van der Waals surface area (Å²) in [4.78, 5) is 23.3. The summed E-state index contributed by atoms with van der Waals surface area (Å²) in [6, 6.07) is 10.4. The van der Waals surface area contributed by atoms with Crippen LogP contribution in [-0.2, 0) is 4.79 Å². The molecule has 6 heteroatoms. The first-order chi connectivity index (χ1) is 9.99. The molecule has 1 amide bonds. The van der Waals surface area contributed by atoms with E-state index >= 15 is 0 Å². The van der Waals surface area contributed by atoms with Crippen LogP contribution in [0.1, 0.15) is 22.0 Å². The molecular weight excluding hydrogens is 274 g/mol. The van der Waals surface area contributed by atoms with Gasteiger partial charge in [0.1, 0.15) is 11.5 Å². The Hall–Kier alpha value is -3.02. The van der Waals surface area contributed by atoms with Crippen LogP contribution in [0.25, 0.3) is 0 Å². The van der Waals surface area contributed by atoms with Crippen molar-refractivity contribution in [2.45, 2.75) is 6.04 Å². The summed E-state index contributed by atoms with van der Waals surface area (Å²) in [7, 11) is 0. The number of hydrogen-bond acceptors (Lipinski definition) is 4. The van der Waals surface area contributed by atoms with Crippen molar-refractivity contribution in [2.24, 2.45) is 0 Å². The van der Waals surface area contributed by atoms with E-state index in [0.29, 0.717) is 5.56 Å². The standard InChI is InChI=1S/C15H13NO5/c17-10-6-7-11(12(18)8-10)14(19)16-13(15(20)21)9-4-2-1-3-5-9/h1-8,13,17-18H,(H,16,19)(H,20,21)/t13-/m0/s1. The third-order valence-corrected chi connectivity index (χ3v) is 2.88. The fourth-order valence-corrected chi connectivity index (χ4v) is 1.85. The van der Waals surface area contributed by atoms with Crippen LogP contribution >= 0.6 is 0 Å². The first kappa shape index (κ1) is 14.4. The zero-order valence-electron chi connectivity index (χ0n) is 10.9. The second-order valence-corrected chi connectivity index (χ2v) is 4.36. The number of carbonyl (C=O) groups excluding carboxylic acids is 1. The summed E-state index contributed by atoms with van der Waals surface area (Å²) in [5, 5.41) is 30.3. The molecule has 2 aromatic carbocycles. The van der Waals surface area contributed by atoms with Gasteiger partial charge in [0.25, 0.3) is 5.91 Å². The Morgan fingerprint density at radius 3 is 2.24 bits per heavy atom. The van der Waals surface area contributed by atoms with E-state index in [1.54, 1.807) is 30.3 Å². The summed E-state index contributed by atoms with van der Waals surface area (Å²) >= 11 is 0. The van der Waals surface area contributed by atoms with E-state index in [1.807, 2.05) is 0 Å². The molecule has 0 saturated heterocycles. The Morgan fingerprint density at radius 2 is 1.67 bits per heavy atom. The Morgan fingerprint density at radius 1 is 1.00 bits per heavy atom. The highest BCUT2D eigenvalue weighted by Gasteiger charge is 2.23. The SMILES string of the molecule is O=C(N[C@H](C(=O)O)c1ccccc1)c1ccc(O)cc1O. The highest BCUT2D eigenvalue weighted by Crippen LogP contribution is 2.23. The average molecular weight is 287 g/mol. The van der Waals surface area contributed by atoms with E-state index < -0.39 is 23.7 Å². The number of amides is 1. The molecule has 0 aliphatic heterocycles. The van der Waals surface area contributed by atoms with Crippen LogP contribution in [0, 0.1) is 0 Å². The zero-order chi connectivity index (χ0) is 15.4. The molecule has 0 aliphatic rings. The van der Waals surface area contributed by atoms with E-state index in [4.69, 9.17) is 0 Å². The van der Waals surface area contributed by atoms with E-state index in [1.165, 1.54) is 12.1 Å². The molecule has 2 rings (SSSR count). The van der Waals surface area contributed by atoms with Gasteiger partial charge in [-0.2, -0.15) is 0 Å².